The monoisotopic (exact) mass is 328 g/mol. The number of aromatic nitrogens is 1. The molecule has 0 radical (unpaired) electrons. The van der Waals surface area contributed by atoms with Crippen LogP contribution in [0.15, 0.2) is 30.5 Å². The van der Waals surface area contributed by atoms with Crippen LogP contribution >= 0.6 is 0 Å². The molecule has 1 aromatic carbocycles. The summed E-state index contributed by atoms with van der Waals surface area (Å²) in [4.78, 5) is 29.5. The van der Waals surface area contributed by atoms with Crippen molar-refractivity contribution in [3.8, 4) is 0 Å². The Kier molecular flexibility index (Phi) is 4.88. The lowest BCUT2D eigenvalue weighted by molar-refractivity contribution is -0.154. The minimum atomic E-state index is -0.370. The number of hydrogen-bond acceptors (Lipinski definition) is 3. The predicted octanol–water partition coefficient (Wildman–Crippen LogP) is 3.04. The molecular formula is C19H24N2O3. The number of nitrogens with zero attached hydrogens (tertiary/aromatic N) is 1. The highest BCUT2D eigenvalue weighted by atomic mass is 16.5. The van der Waals surface area contributed by atoms with Gasteiger partial charge in [0.05, 0.1) is 6.42 Å². The molecule has 1 N–H and O–H groups in total. The van der Waals surface area contributed by atoms with Crippen molar-refractivity contribution in [2.24, 2.45) is 0 Å². The summed E-state index contributed by atoms with van der Waals surface area (Å²) in [5, 5.41) is 1.01. The van der Waals surface area contributed by atoms with Crippen LogP contribution in [0, 0.1) is 0 Å². The standard InChI is InChI=1S/C19H24N2O3/c1-13-6-5-7-14(2)21(13)18(22)12-24-19(23)10-15-11-20-17-9-4-3-8-16(15)17/h3-4,8-9,11,13-14,20H,5-7,10,12H2,1-2H3/t13-,14-/m0/s1. The van der Waals surface area contributed by atoms with Crippen molar-refractivity contribution in [3.63, 3.8) is 0 Å². The van der Waals surface area contributed by atoms with E-state index in [2.05, 4.69) is 18.8 Å². The molecular weight excluding hydrogens is 304 g/mol. The fraction of sp³-hybridized carbons (Fsp3) is 0.474. The first-order valence-electron chi connectivity index (χ1n) is 8.58. The summed E-state index contributed by atoms with van der Waals surface area (Å²) < 4.78 is 5.23. The van der Waals surface area contributed by atoms with E-state index in [1.54, 1.807) is 0 Å². The quantitative estimate of drug-likeness (QED) is 0.878. The average Bonchev–Trinajstić information content (AvgIpc) is 2.96. The van der Waals surface area contributed by atoms with E-state index in [1.165, 1.54) is 0 Å². The van der Waals surface area contributed by atoms with Gasteiger partial charge >= 0.3 is 5.97 Å². The lowest BCUT2D eigenvalue weighted by atomic mass is 9.97. The number of para-hydroxylation sites is 1. The van der Waals surface area contributed by atoms with Gasteiger partial charge in [0.1, 0.15) is 0 Å². The largest absolute Gasteiger partial charge is 0.455 e. The van der Waals surface area contributed by atoms with Gasteiger partial charge in [0.2, 0.25) is 0 Å². The normalized spacial score (nSPS) is 21.0. The molecule has 5 nitrogen and oxygen atoms in total. The van der Waals surface area contributed by atoms with Crippen molar-refractivity contribution in [1.29, 1.82) is 0 Å². The van der Waals surface area contributed by atoms with Crippen LogP contribution in [0.4, 0.5) is 0 Å². The molecule has 3 rings (SSSR count). The van der Waals surface area contributed by atoms with Crippen LogP contribution in [0.25, 0.3) is 10.9 Å². The first-order chi connectivity index (χ1) is 11.6. The number of carbonyl (C=O) groups is 2. The molecule has 1 aromatic heterocycles. The maximum absolute atomic E-state index is 12.4. The molecule has 24 heavy (non-hydrogen) atoms. The molecule has 1 fully saturated rings. The summed E-state index contributed by atoms with van der Waals surface area (Å²) in [5.41, 5.74) is 1.88. The Labute approximate surface area is 142 Å². The molecule has 1 aliphatic rings. The number of nitrogens with one attached hydrogen (secondary N) is 1. The van der Waals surface area contributed by atoms with Gasteiger partial charge in [-0.2, -0.15) is 0 Å². The number of ether oxygens (including phenoxy) is 1. The molecule has 0 aliphatic carbocycles. The highest BCUT2D eigenvalue weighted by molar-refractivity contribution is 5.88. The Morgan fingerprint density at radius 3 is 2.67 bits per heavy atom. The molecule has 2 atom stereocenters. The third kappa shape index (κ3) is 3.45. The second-order valence-corrected chi connectivity index (χ2v) is 6.63. The van der Waals surface area contributed by atoms with Gasteiger partial charge in [0, 0.05) is 29.2 Å². The van der Waals surface area contributed by atoms with Crippen LogP contribution in [-0.4, -0.2) is 40.5 Å². The highest BCUT2D eigenvalue weighted by Gasteiger charge is 2.29. The van der Waals surface area contributed by atoms with Crippen molar-refractivity contribution in [2.75, 3.05) is 6.61 Å². The molecule has 5 heteroatoms. The van der Waals surface area contributed by atoms with E-state index < -0.39 is 0 Å². The Morgan fingerprint density at radius 2 is 1.92 bits per heavy atom. The van der Waals surface area contributed by atoms with E-state index in [0.717, 1.165) is 35.7 Å². The van der Waals surface area contributed by atoms with Crippen LogP contribution in [-0.2, 0) is 20.7 Å². The fourth-order valence-corrected chi connectivity index (χ4v) is 3.61. The number of rotatable bonds is 4. The minimum absolute atomic E-state index is 0.0954. The average molecular weight is 328 g/mol. The maximum atomic E-state index is 12.4. The molecule has 1 saturated heterocycles. The third-order valence-corrected chi connectivity index (χ3v) is 4.85. The summed E-state index contributed by atoms with van der Waals surface area (Å²) in [5.74, 6) is -0.465. The number of hydrogen-bond donors (Lipinski definition) is 1. The molecule has 2 aromatic rings. The first-order valence-corrected chi connectivity index (χ1v) is 8.58. The van der Waals surface area contributed by atoms with Gasteiger partial charge in [-0.1, -0.05) is 18.2 Å². The Hall–Kier alpha value is -2.30. The van der Waals surface area contributed by atoms with Gasteiger partial charge in [-0.25, -0.2) is 0 Å². The smallest absolute Gasteiger partial charge is 0.310 e. The van der Waals surface area contributed by atoms with Crippen molar-refractivity contribution in [3.05, 3.63) is 36.0 Å². The molecule has 0 saturated carbocycles. The van der Waals surface area contributed by atoms with E-state index in [-0.39, 0.29) is 37.0 Å². The van der Waals surface area contributed by atoms with E-state index in [1.807, 2.05) is 35.4 Å². The number of fused-ring (bicyclic) bond motifs is 1. The third-order valence-electron chi connectivity index (χ3n) is 4.85. The zero-order valence-electron chi connectivity index (χ0n) is 14.2. The van der Waals surface area contributed by atoms with E-state index in [4.69, 9.17) is 4.74 Å². The van der Waals surface area contributed by atoms with Crippen LogP contribution in [0.2, 0.25) is 0 Å². The van der Waals surface area contributed by atoms with Gasteiger partial charge in [-0.05, 0) is 44.7 Å². The summed E-state index contributed by atoms with van der Waals surface area (Å²) in [6.07, 6.45) is 5.16. The SMILES string of the molecule is C[C@H]1CCC[C@H](C)N1C(=O)COC(=O)Cc1c[nH]c2ccccc12. The van der Waals surface area contributed by atoms with Crippen molar-refractivity contribution >= 4 is 22.8 Å². The van der Waals surface area contributed by atoms with Gasteiger partial charge in [-0.3, -0.25) is 9.59 Å². The molecule has 128 valence electrons. The fourth-order valence-electron chi connectivity index (χ4n) is 3.61. The summed E-state index contributed by atoms with van der Waals surface area (Å²) >= 11 is 0. The second-order valence-electron chi connectivity index (χ2n) is 6.63. The summed E-state index contributed by atoms with van der Waals surface area (Å²) in [7, 11) is 0. The van der Waals surface area contributed by atoms with Gasteiger partial charge in [-0.15, -0.1) is 0 Å². The number of amides is 1. The number of H-pyrrole nitrogens is 1. The zero-order valence-corrected chi connectivity index (χ0v) is 14.2. The second kappa shape index (κ2) is 7.07. The first kappa shape index (κ1) is 16.6. The number of esters is 1. The van der Waals surface area contributed by atoms with E-state index in [9.17, 15) is 9.59 Å². The van der Waals surface area contributed by atoms with Crippen LogP contribution in [0.5, 0.6) is 0 Å². The topological polar surface area (TPSA) is 62.4 Å². The Balaban J connectivity index is 1.56. The minimum Gasteiger partial charge on any atom is -0.455 e. The van der Waals surface area contributed by atoms with Gasteiger partial charge < -0.3 is 14.6 Å². The molecule has 0 unspecified atom stereocenters. The van der Waals surface area contributed by atoms with Gasteiger partial charge in [0.25, 0.3) is 5.91 Å². The summed E-state index contributed by atoms with van der Waals surface area (Å²) in [6.45, 7) is 3.94. The van der Waals surface area contributed by atoms with E-state index >= 15 is 0 Å². The molecule has 1 amide bonds. The summed E-state index contributed by atoms with van der Waals surface area (Å²) in [6, 6.07) is 8.25. The lowest BCUT2D eigenvalue weighted by Gasteiger charge is -2.38. The number of piperidine rings is 1. The van der Waals surface area contributed by atoms with Crippen LogP contribution in [0.1, 0.15) is 38.7 Å². The number of aromatic amines is 1. The molecule has 0 spiro atoms. The van der Waals surface area contributed by atoms with E-state index in [0.29, 0.717) is 0 Å². The van der Waals surface area contributed by atoms with Crippen molar-refractivity contribution < 1.29 is 14.3 Å². The Bertz CT molecular complexity index is 727. The molecule has 2 heterocycles. The van der Waals surface area contributed by atoms with Crippen LogP contribution < -0.4 is 0 Å². The zero-order chi connectivity index (χ0) is 17.1. The van der Waals surface area contributed by atoms with Crippen molar-refractivity contribution in [1.82, 2.24) is 9.88 Å². The number of likely N-dealkylation sites (tertiary alicyclic amines) is 1. The lowest BCUT2D eigenvalue weighted by Crippen LogP contribution is -2.49. The highest BCUT2D eigenvalue weighted by Crippen LogP contribution is 2.22. The van der Waals surface area contributed by atoms with Crippen LogP contribution in [0.3, 0.4) is 0 Å². The van der Waals surface area contributed by atoms with Gasteiger partial charge in [0.15, 0.2) is 6.61 Å². The Morgan fingerprint density at radius 1 is 1.21 bits per heavy atom. The number of carbonyl (C=O) groups excluding carboxylic acids is 2. The maximum Gasteiger partial charge on any atom is 0.310 e. The number of benzene rings is 1. The van der Waals surface area contributed by atoms with Crippen molar-refractivity contribution in [2.45, 2.75) is 51.6 Å². The molecule has 1 aliphatic heterocycles. The predicted molar refractivity (Wildman–Crippen MR) is 92.6 cm³/mol. The molecule has 0 bridgehead atoms.